The average molecular weight is 432 g/mol. The maximum absolute atomic E-state index is 12.5. The van der Waals surface area contributed by atoms with Crippen molar-refractivity contribution in [2.45, 2.75) is 21.5 Å². The average Bonchev–Trinajstić information content (AvgIpc) is 2.89. The number of thioether (sulfide) groups is 1. The molecule has 2 heterocycles. The molecule has 1 unspecified atom stereocenters. The molecule has 0 spiro atoms. The minimum atomic E-state index is -3.94. The summed E-state index contributed by atoms with van der Waals surface area (Å²) in [5.74, 6) is -1.58. The van der Waals surface area contributed by atoms with E-state index in [9.17, 15) is 22.8 Å². The van der Waals surface area contributed by atoms with E-state index in [0.717, 1.165) is 4.90 Å². The summed E-state index contributed by atoms with van der Waals surface area (Å²) >= 11 is 1.27. The highest BCUT2D eigenvalue weighted by atomic mass is 32.2. The summed E-state index contributed by atoms with van der Waals surface area (Å²) < 4.78 is 30.7. The van der Waals surface area contributed by atoms with Crippen LogP contribution in [-0.4, -0.2) is 48.9 Å². The van der Waals surface area contributed by atoms with Crippen LogP contribution in [0.2, 0.25) is 0 Å². The predicted molar refractivity (Wildman–Crippen MR) is 105 cm³/mol. The summed E-state index contributed by atoms with van der Waals surface area (Å²) in [7, 11) is -3.94. The third-order valence-electron chi connectivity index (χ3n) is 4.53. The Morgan fingerprint density at radius 2 is 1.83 bits per heavy atom. The van der Waals surface area contributed by atoms with Gasteiger partial charge < -0.3 is 10.1 Å². The second-order valence-electron chi connectivity index (χ2n) is 6.39. The van der Waals surface area contributed by atoms with Crippen molar-refractivity contribution >= 4 is 45.3 Å². The van der Waals surface area contributed by atoms with Crippen LogP contribution < -0.4 is 5.32 Å². The number of esters is 1. The molecule has 0 bridgehead atoms. The topological polar surface area (TPSA) is 110 Å². The number of para-hydroxylation sites is 1. The Morgan fingerprint density at radius 3 is 2.62 bits per heavy atom. The lowest BCUT2D eigenvalue weighted by molar-refractivity contribution is -0.144. The number of rotatable bonds is 5. The molecule has 0 radical (unpaired) electrons. The molecule has 0 saturated carbocycles. The number of nitrogens with one attached hydrogen (secondary N) is 1. The van der Waals surface area contributed by atoms with E-state index in [4.69, 9.17) is 4.74 Å². The largest absolute Gasteiger partial charge is 0.464 e. The number of carbonyl (C=O) groups excluding carboxylic acids is 3. The first-order valence-electron chi connectivity index (χ1n) is 8.76. The summed E-state index contributed by atoms with van der Waals surface area (Å²) in [6.45, 7) is -0.568. The molecule has 2 aliphatic heterocycles. The number of fused-ring (bicyclic) bond motifs is 2. The summed E-state index contributed by atoms with van der Waals surface area (Å²) in [6.07, 6.45) is -0.161. The van der Waals surface area contributed by atoms with E-state index in [1.807, 2.05) is 12.1 Å². The van der Waals surface area contributed by atoms with E-state index < -0.39 is 27.1 Å². The van der Waals surface area contributed by atoms with Crippen molar-refractivity contribution in [3.05, 3.63) is 54.1 Å². The number of carbonyl (C=O) groups is 3. The molecule has 2 aromatic rings. The van der Waals surface area contributed by atoms with Gasteiger partial charge in [0.05, 0.1) is 29.5 Å². The zero-order chi connectivity index (χ0) is 20.6. The molecule has 4 rings (SSSR count). The number of hydrogen-bond donors (Lipinski definition) is 1. The molecule has 2 amide bonds. The van der Waals surface area contributed by atoms with E-state index in [-0.39, 0.29) is 35.9 Å². The third kappa shape index (κ3) is 3.60. The van der Waals surface area contributed by atoms with Crippen molar-refractivity contribution in [1.29, 1.82) is 0 Å². The summed E-state index contributed by atoms with van der Waals surface area (Å²) in [6, 6.07) is 13.2. The molecule has 0 aromatic heterocycles. The number of sulfonamides is 1. The molecule has 0 aliphatic carbocycles. The number of anilines is 1. The second kappa shape index (κ2) is 7.53. The normalized spacial score (nSPS) is 19.3. The van der Waals surface area contributed by atoms with Gasteiger partial charge in [0.15, 0.2) is 0 Å². The summed E-state index contributed by atoms with van der Waals surface area (Å²) in [4.78, 5) is 37.4. The maximum atomic E-state index is 12.5. The molecule has 2 aliphatic rings. The molecule has 0 fully saturated rings. The SMILES string of the molecule is O=C(CC1Sc2ccccc2NC1=O)OCCN1C(=O)c2ccccc2S1(=O)=O. The van der Waals surface area contributed by atoms with Crippen LogP contribution in [0.15, 0.2) is 58.3 Å². The fourth-order valence-corrected chi connectivity index (χ4v) is 5.78. The number of benzene rings is 2. The van der Waals surface area contributed by atoms with Crippen molar-refractivity contribution < 1.29 is 27.5 Å². The molecule has 2 aromatic carbocycles. The Bertz CT molecular complexity index is 1120. The van der Waals surface area contributed by atoms with Gasteiger partial charge in [0, 0.05) is 4.90 Å². The number of ether oxygens (including phenoxy) is 1. The molecule has 8 nitrogen and oxygen atoms in total. The number of amides is 2. The number of nitrogens with zero attached hydrogens (tertiary/aromatic N) is 1. The first-order chi connectivity index (χ1) is 13.9. The Kier molecular flexibility index (Phi) is 5.05. The van der Waals surface area contributed by atoms with Gasteiger partial charge in [0.25, 0.3) is 15.9 Å². The monoisotopic (exact) mass is 432 g/mol. The van der Waals surface area contributed by atoms with Crippen LogP contribution in [0.1, 0.15) is 16.8 Å². The van der Waals surface area contributed by atoms with E-state index in [1.165, 1.54) is 30.0 Å². The van der Waals surface area contributed by atoms with Gasteiger partial charge in [0.2, 0.25) is 5.91 Å². The van der Waals surface area contributed by atoms with Gasteiger partial charge in [0.1, 0.15) is 11.5 Å². The minimum Gasteiger partial charge on any atom is -0.464 e. The zero-order valence-corrected chi connectivity index (χ0v) is 16.7. The quantitative estimate of drug-likeness (QED) is 0.719. The lowest BCUT2D eigenvalue weighted by atomic mass is 10.2. The maximum Gasteiger partial charge on any atom is 0.307 e. The predicted octanol–water partition coefficient (Wildman–Crippen LogP) is 1.88. The standard InChI is InChI=1S/C19H16N2O6S2/c22-17(11-15-18(23)20-13-6-2-3-7-14(13)28-15)27-10-9-21-19(24)12-5-1-4-8-16(12)29(21,25)26/h1-8,15H,9-11H2,(H,20,23). The van der Waals surface area contributed by atoms with Crippen LogP contribution in [0.3, 0.4) is 0 Å². The van der Waals surface area contributed by atoms with E-state index >= 15 is 0 Å². The van der Waals surface area contributed by atoms with Gasteiger partial charge in [-0.15, -0.1) is 11.8 Å². The molecule has 10 heteroatoms. The van der Waals surface area contributed by atoms with Crippen molar-refractivity contribution in [2.24, 2.45) is 0 Å². The zero-order valence-electron chi connectivity index (χ0n) is 15.0. The highest BCUT2D eigenvalue weighted by Crippen LogP contribution is 2.36. The minimum absolute atomic E-state index is 0.0507. The van der Waals surface area contributed by atoms with Gasteiger partial charge in [-0.05, 0) is 24.3 Å². The lowest BCUT2D eigenvalue weighted by Crippen LogP contribution is -2.35. The smallest absolute Gasteiger partial charge is 0.307 e. The van der Waals surface area contributed by atoms with E-state index in [2.05, 4.69) is 5.32 Å². The van der Waals surface area contributed by atoms with Gasteiger partial charge in [-0.2, -0.15) is 0 Å². The number of hydrogen-bond acceptors (Lipinski definition) is 7. The van der Waals surface area contributed by atoms with Gasteiger partial charge >= 0.3 is 5.97 Å². The highest BCUT2D eigenvalue weighted by molar-refractivity contribution is 8.01. The lowest BCUT2D eigenvalue weighted by Gasteiger charge is -2.23. The summed E-state index contributed by atoms with van der Waals surface area (Å²) in [5.41, 5.74) is 0.803. The van der Waals surface area contributed by atoms with Crippen molar-refractivity contribution in [2.75, 3.05) is 18.5 Å². The molecular weight excluding hydrogens is 416 g/mol. The van der Waals surface area contributed by atoms with Crippen molar-refractivity contribution in [3.63, 3.8) is 0 Å². The van der Waals surface area contributed by atoms with Crippen molar-refractivity contribution in [3.8, 4) is 0 Å². The highest BCUT2D eigenvalue weighted by Gasteiger charge is 2.40. The molecule has 0 saturated heterocycles. The Balaban J connectivity index is 1.33. The van der Waals surface area contributed by atoms with Gasteiger partial charge in [-0.1, -0.05) is 24.3 Å². The van der Waals surface area contributed by atoms with Crippen molar-refractivity contribution in [1.82, 2.24) is 4.31 Å². The second-order valence-corrected chi connectivity index (χ2v) is 9.47. The Labute approximate surface area is 171 Å². The molecular formula is C19H16N2O6S2. The Morgan fingerprint density at radius 1 is 1.10 bits per heavy atom. The molecule has 29 heavy (non-hydrogen) atoms. The third-order valence-corrected chi connectivity index (χ3v) is 7.64. The van der Waals surface area contributed by atoms with Crippen LogP contribution in [0, 0.1) is 0 Å². The van der Waals surface area contributed by atoms with Crippen LogP contribution in [0.5, 0.6) is 0 Å². The molecule has 1 atom stereocenters. The van der Waals surface area contributed by atoms with Crippen LogP contribution >= 0.6 is 11.8 Å². The van der Waals surface area contributed by atoms with E-state index in [1.54, 1.807) is 18.2 Å². The molecule has 150 valence electrons. The first-order valence-corrected chi connectivity index (χ1v) is 11.1. The molecule has 1 N–H and O–H groups in total. The van der Waals surface area contributed by atoms with E-state index in [0.29, 0.717) is 9.99 Å². The van der Waals surface area contributed by atoms with Gasteiger partial charge in [-0.3, -0.25) is 14.4 Å². The van der Waals surface area contributed by atoms with Crippen LogP contribution in [0.4, 0.5) is 5.69 Å². The Hall–Kier alpha value is -2.85. The fraction of sp³-hybridized carbons (Fsp3) is 0.211. The van der Waals surface area contributed by atoms with Crippen LogP contribution in [0.25, 0.3) is 0 Å². The fourth-order valence-electron chi connectivity index (χ4n) is 3.13. The van der Waals surface area contributed by atoms with Crippen LogP contribution in [-0.2, 0) is 24.3 Å². The summed E-state index contributed by atoms with van der Waals surface area (Å²) in [5, 5.41) is 2.10. The first kappa shape index (κ1) is 19.5. The van der Waals surface area contributed by atoms with Gasteiger partial charge in [-0.25, -0.2) is 12.7 Å².